The van der Waals surface area contributed by atoms with Gasteiger partial charge in [-0.1, -0.05) is 240 Å². The molecule has 0 saturated heterocycles. The minimum Gasteiger partial charge on any atom is -0.462 e. The Bertz CT molecular complexity index is 1430. The summed E-state index contributed by atoms with van der Waals surface area (Å²) in [5.41, 5.74) is 0. The quantitative estimate of drug-likeness (QED) is 0.0261. The second-order valence-corrected chi connectivity index (χ2v) is 19.9. The predicted octanol–water partition coefficient (Wildman–Crippen LogP) is 20.5. The van der Waals surface area contributed by atoms with Gasteiger partial charge in [0, 0.05) is 19.3 Å². The van der Waals surface area contributed by atoms with Gasteiger partial charge in [0.05, 0.1) is 0 Å². The number of esters is 3. The zero-order chi connectivity index (χ0) is 52.2. The Morgan fingerprint density at radius 3 is 0.889 bits per heavy atom. The first kappa shape index (κ1) is 68.3. The van der Waals surface area contributed by atoms with Crippen LogP contribution in [0, 0.1) is 0 Å². The third-order valence-corrected chi connectivity index (χ3v) is 12.8. The fourth-order valence-corrected chi connectivity index (χ4v) is 8.26. The van der Waals surface area contributed by atoms with Crippen LogP contribution in [0.1, 0.15) is 284 Å². The van der Waals surface area contributed by atoms with Gasteiger partial charge in [-0.2, -0.15) is 0 Å². The molecular formula is C66H112O6. The molecule has 6 nitrogen and oxygen atoms in total. The molecule has 0 aliphatic heterocycles. The Labute approximate surface area is 445 Å². The fourth-order valence-electron chi connectivity index (χ4n) is 8.26. The van der Waals surface area contributed by atoms with Gasteiger partial charge in [-0.05, 0) is 122 Å². The highest BCUT2D eigenvalue weighted by Gasteiger charge is 2.19. The molecule has 1 unspecified atom stereocenters. The van der Waals surface area contributed by atoms with Gasteiger partial charge < -0.3 is 14.2 Å². The van der Waals surface area contributed by atoms with E-state index in [1.165, 1.54) is 122 Å². The maximum atomic E-state index is 12.9. The molecular weight excluding hydrogens is 889 g/mol. The van der Waals surface area contributed by atoms with E-state index in [1.54, 1.807) is 0 Å². The van der Waals surface area contributed by atoms with E-state index < -0.39 is 6.10 Å². The Kier molecular flexibility index (Phi) is 56.8. The average molecular weight is 1000 g/mol. The van der Waals surface area contributed by atoms with Crippen molar-refractivity contribution < 1.29 is 28.6 Å². The summed E-state index contributed by atoms with van der Waals surface area (Å²) in [6.07, 6.45) is 79.7. The van der Waals surface area contributed by atoms with Crippen LogP contribution in [0.25, 0.3) is 0 Å². The van der Waals surface area contributed by atoms with Gasteiger partial charge in [-0.25, -0.2) is 0 Å². The number of hydrogen-bond donors (Lipinski definition) is 0. The van der Waals surface area contributed by atoms with Crippen LogP contribution < -0.4 is 0 Å². The van der Waals surface area contributed by atoms with E-state index in [-0.39, 0.29) is 31.1 Å². The van der Waals surface area contributed by atoms with Crippen LogP contribution in [0.3, 0.4) is 0 Å². The summed E-state index contributed by atoms with van der Waals surface area (Å²) in [5.74, 6) is -0.937. The van der Waals surface area contributed by atoms with Crippen molar-refractivity contribution in [3.63, 3.8) is 0 Å². The van der Waals surface area contributed by atoms with Crippen LogP contribution >= 0.6 is 0 Å². The third kappa shape index (κ3) is 57.2. The van der Waals surface area contributed by atoms with Crippen molar-refractivity contribution in [1.29, 1.82) is 0 Å². The van der Waals surface area contributed by atoms with Crippen molar-refractivity contribution in [3.05, 3.63) is 97.2 Å². The lowest BCUT2D eigenvalue weighted by Gasteiger charge is -2.18. The molecule has 0 aromatic rings. The largest absolute Gasteiger partial charge is 0.462 e. The van der Waals surface area contributed by atoms with E-state index in [0.29, 0.717) is 19.3 Å². The van der Waals surface area contributed by atoms with Gasteiger partial charge in [0.15, 0.2) is 6.10 Å². The first-order valence-corrected chi connectivity index (χ1v) is 30.2. The molecule has 0 spiro atoms. The molecule has 0 N–H and O–H groups in total. The van der Waals surface area contributed by atoms with Crippen molar-refractivity contribution in [3.8, 4) is 0 Å². The van der Waals surface area contributed by atoms with Crippen LogP contribution in [-0.2, 0) is 28.6 Å². The predicted molar refractivity (Wildman–Crippen MR) is 311 cm³/mol. The van der Waals surface area contributed by atoms with Crippen LogP contribution in [0.5, 0.6) is 0 Å². The van der Waals surface area contributed by atoms with E-state index in [4.69, 9.17) is 14.2 Å². The Morgan fingerprint density at radius 1 is 0.292 bits per heavy atom. The van der Waals surface area contributed by atoms with Crippen LogP contribution in [-0.4, -0.2) is 37.2 Å². The van der Waals surface area contributed by atoms with Crippen molar-refractivity contribution >= 4 is 17.9 Å². The molecule has 412 valence electrons. The number of unbranched alkanes of at least 4 members (excludes halogenated alkanes) is 27. The van der Waals surface area contributed by atoms with Crippen LogP contribution in [0.4, 0.5) is 0 Å². The van der Waals surface area contributed by atoms with Crippen molar-refractivity contribution in [1.82, 2.24) is 0 Å². The van der Waals surface area contributed by atoms with Gasteiger partial charge in [0.25, 0.3) is 0 Å². The van der Waals surface area contributed by atoms with E-state index in [2.05, 4.69) is 118 Å². The third-order valence-electron chi connectivity index (χ3n) is 12.8. The summed E-state index contributed by atoms with van der Waals surface area (Å²) < 4.78 is 16.9. The maximum Gasteiger partial charge on any atom is 0.306 e. The second-order valence-electron chi connectivity index (χ2n) is 19.9. The lowest BCUT2D eigenvalue weighted by molar-refractivity contribution is -0.167. The van der Waals surface area contributed by atoms with Gasteiger partial charge in [-0.3, -0.25) is 14.4 Å². The topological polar surface area (TPSA) is 78.9 Å². The number of rotatable bonds is 54. The smallest absolute Gasteiger partial charge is 0.306 e. The normalized spacial score (nSPS) is 12.8. The molecule has 72 heavy (non-hydrogen) atoms. The van der Waals surface area contributed by atoms with E-state index in [9.17, 15) is 14.4 Å². The highest BCUT2D eigenvalue weighted by atomic mass is 16.6. The average Bonchev–Trinajstić information content (AvgIpc) is 3.38. The van der Waals surface area contributed by atoms with Crippen molar-refractivity contribution in [2.24, 2.45) is 0 Å². The lowest BCUT2D eigenvalue weighted by atomic mass is 10.1. The van der Waals surface area contributed by atoms with Crippen LogP contribution in [0.15, 0.2) is 97.2 Å². The molecule has 0 rings (SSSR count). The van der Waals surface area contributed by atoms with Crippen molar-refractivity contribution in [2.75, 3.05) is 13.2 Å². The molecule has 0 bridgehead atoms. The number of hydrogen-bond acceptors (Lipinski definition) is 6. The molecule has 0 aliphatic rings. The number of carbonyl (C=O) groups is 3. The highest BCUT2D eigenvalue weighted by molar-refractivity contribution is 5.71. The number of ether oxygens (including phenoxy) is 3. The van der Waals surface area contributed by atoms with Crippen LogP contribution in [0.2, 0.25) is 0 Å². The number of allylic oxidation sites excluding steroid dienone is 16. The van der Waals surface area contributed by atoms with Gasteiger partial charge in [0.1, 0.15) is 13.2 Å². The summed E-state index contributed by atoms with van der Waals surface area (Å²) in [6, 6.07) is 0. The second kappa shape index (κ2) is 59.9. The zero-order valence-electron chi connectivity index (χ0n) is 47.2. The zero-order valence-corrected chi connectivity index (χ0v) is 47.2. The molecule has 1 atom stereocenters. The molecule has 0 radical (unpaired) electrons. The SMILES string of the molecule is CC/C=C\C/C=C\C/C=C\C/C=C\C/C=C\CCCCCC(=O)OCC(COC(=O)CCCCCCC/C=C\C/C=C\CCCCCC)OC(=O)CCCCCCCCCCC/C=C\CCCCCCCC. The van der Waals surface area contributed by atoms with Gasteiger partial charge >= 0.3 is 17.9 Å². The summed E-state index contributed by atoms with van der Waals surface area (Å²) in [4.78, 5) is 38.2. The van der Waals surface area contributed by atoms with E-state index in [1.807, 2.05) is 0 Å². The Morgan fingerprint density at radius 2 is 0.542 bits per heavy atom. The molecule has 0 aliphatic carbocycles. The van der Waals surface area contributed by atoms with E-state index >= 15 is 0 Å². The van der Waals surface area contributed by atoms with Crippen molar-refractivity contribution in [2.45, 2.75) is 290 Å². The molecule has 6 heteroatoms. The number of carbonyl (C=O) groups excluding carboxylic acids is 3. The van der Waals surface area contributed by atoms with Gasteiger partial charge in [-0.15, -0.1) is 0 Å². The van der Waals surface area contributed by atoms with Gasteiger partial charge in [0.2, 0.25) is 0 Å². The molecule has 0 aromatic carbocycles. The summed E-state index contributed by atoms with van der Waals surface area (Å²) in [5, 5.41) is 0. The fraction of sp³-hybridized carbons (Fsp3) is 0.712. The minimum atomic E-state index is -0.800. The first-order valence-electron chi connectivity index (χ1n) is 30.2. The standard InChI is InChI=1S/C66H112O6/c1-4-7-10-13-16-19-22-25-28-31-33-35-38-41-44-47-50-53-56-59-65(68)71-62-63(61-70-64(67)58-55-52-49-46-43-40-37-30-27-24-21-18-15-12-9-6-3)72-66(69)60-57-54-51-48-45-42-39-36-34-32-29-26-23-20-17-14-11-8-5-2/h7,10,16,19,21,24-26,28-30,33,35,37,41,44,63H,4-6,8-9,11-15,17-18,20,22-23,27,31-32,34,36,38-40,42-43,45-62H2,1-3H3/b10-7-,19-16-,24-21-,28-25-,29-26-,35-33-,37-30-,44-41-. The summed E-state index contributed by atoms with van der Waals surface area (Å²) in [7, 11) is 0. The summed E-state index contributed by atoms with van der Waals surface area (Å²) in [6.45, 7) is 6.48. The molecule has 0 saturated carbocycles. The maximum absolute atomic E-state index is 12.9. The monoisotopic (exact) mass is 1000 g/mol. The Balaban J connectivity index is 4.47. The highest BCUT2D eigenvalue weighted by Crippen LogP contribution is 2.15. The minimum absolute atomic E-state index is 0.0963. The first-order chi connectivity index (χ1) is 35.5. The molecule has 0 fully saturated rings. The molecule has 0 aromatic heterocycles. The molecule has 0 amide bonds. The summed E-state index contributed by atoms with van der Waals surface area (Å²) >= 11 is 0. The lowest BCUT2D eigenvalue weighted by Crippen LogP contribution is -2.30. The molecule has 0 heterocycles. The Hall–Kier alpha value is -3.67. The van der Waals surface area contributed by atoms with E-state index in [0.717, 1.165) is 122 Å².